The molecule has 6 nitrogen and oxygen atoms in total. The maximum atomic E-state index is 12.2. The van der Waals surface area contributed by atoms with E-state index in [0.717, 1.165) is 25.3 Å². The Kier molecular flexibility index (Phi) is 2.91. The Balaban J connectivity index is 2.21. The Morgan fingerprint density at radius 3 is 2.88 bits per heavy atom. The van der Waals surface area contributed by atoms with Gasteiger partial charge in [-0.05, 0) is 13.8 Å². The predicted octanol–water partition coefficient (Wildman–Crippen LogP) is -0.443. The normalized spacial score (nSPS) is 21.2. The molecular weight excluding hydrogens is 206 g/mol. The maximum absolute atomic E-state index is 12.2. The summed E-state index contributed by atoms with van der Waals surface area (Å²) in [6.45, 7) is 6.31. The number of nitrogens with one attached hydrogen (secondary N) is 1. The first-order valence-corrected chi connectivity index (χ1v) is 5.49. The monoisotopic (exact) mass is 223 g/mol. The number of amides is 1. The molecule has 0 saturated carbocycles. The van der Waals surface area contributed by atoms with Gasteiger partial charge in [-0.2, -0.15) is 0 Å². The predicted molar refractivity (Wildman–Crippen MR) is 59.1 cm³/mol. The van der Waals surface area contributed by atoms with E-state index < -0.39 is 0 Å². The molecule has 1 N–H and O–H groups in total. The Morgan fingerprint density at radius 1 is 1.56 bits per heavy atom. The summed E-state index contributed by atoms with van der Waals surface area (Å²) in [5.41, 5.74) is 1.28. The van der Waals surface area contributed by atoms with E-state index in [9.17, 15) is 4.79 Å². The number of rotatable bonds is 1. The molecule has 88 valence electrons. The molecule has 16 heavy (non-hydrogen) atoms. The quantitative estimate of drug-likeness (QED) is 0.701. The third-order valence-electron chi connectivity index (χ3n) is 3.07. The van der Waals surface area contributed by atoms with Crippen LogP contribution in [0.5, 0.6) is 0 Å². The lowest BCUT2D eigenvalue weighted by molar-refractivity contribution is 0.0648. The fourth-order valence-corrected chi connectivity index (χ4v) is 1.88. The molecule has 1 aliphatic heterocycles. The highest BCUT2D eigenvalue weighted by molar-refractivity contribution is 5.93. The summed E-state index contributed by atoms with van der Waals surface area (Å²) >= 11 is 0. The van der Waals surface area contributed by atoms with Gasteiger partial charge in [-0.25, -0.2) is 0 Å². The van der Waals surface area contributed by atoms with Crippen molar-refractivity contribution in [3.05, 3.63) is 11.4 Å². The van der Waals surface area contributed by atoms with Crippen LogP contribution < -0.4 is 5.32 Å². The van der Waals surface area contributed by atoms with E-state index in [1.54, 1.807) is 11.7 Å². The average Bonchev–Trinajstić information content (AvgIpc) is 2.60. The van der Waals surface area contributed by atoms with Crippen molar-refractivity contribution in [2.24, 2.45) is 7.05 Å². The van der Waals surface area contributed by atoms with Crippen LogP contribution in [0.15, 0.2) is 0 Å². The SMILES string of the molecule is Cc1c(C(=O)N2CCNC[C@@H]2C)nnn1C. The van der Waals surface area contributed by atoms with Gasteiger partial charge in [0, 0.05) is 32.7 Å². The van der Waals surface area contributed by atoms with Gasteiger partial charge >= 0.3 is 0 Å². The van der Waals surface area contributed by atoms with E-state index >= 15 is 0 Å². The third-order valence-corrected chi connectivity index (χ3v) is 3.07. The van der Waals surface area contributed by atoms with Crippen LogP contribution in [0, 0.1) is 6.92 Å². The molecule has 0 aromatic carbocycles. The summed E-state index contributed by atoms with van der Waals surface area (Å²) in [4.78, 5) is 14.1. The third kappa shape index (κ3) is 1.80. The Morgan fingerprint density at radius 2 is 2.31 bits per heavy atom. The largest absolute Gasteiger partial charge is 0.332 e. The highest BCUT2D eigenvalue weighted by atomic mass is 16.2. The van der Waals surface area contributed by atoms with E-state index in [2.05, 4.69) is 15.6 Å². The average molecular weight is 223 g/mol. The Labute approximate surface area is 94.6 Å². The van der Waals surface area contributed by atoms with E-state index in [1.165, 1.54) is 0 Å². The molecule has 1 atom stereocenters. The van der Waals surface area contributed by atoms with Gasteiger partial charge in [-0.15, -0.1) is 5.10 Å². The van der Waals surface area contributed by atoms with E-state index in [1.807, 2.05) is 18.7 Å². The minimum Gasteiger partial charge on any atom is -0.332 e. The molecule has 1 aromatic heterocycles. The van der Waals surface area contributed by atoms with Gasteiger partial charge in [-0.1, -0.05) is 5.21 Å². The zero-order valence-electron chi connectivity index (χ0n) is 9.90. The minimum atomic E-state index is -0.0143. The van der Waals surface area contributed by atoms with Gasteiger partial charge in [0.1, 0.15) is 0 Å². The summed E-state index contributed by atoms with van der Waals surface area (Å²) in [5, 5.41) is 11.0. The molecule has 1 fully saturated rings. The van der Waals surface area contributed by atoms with E-state index in [0.29, 0.717) is 5.69 Å². The van der Waals surface area contributed by atoms with Crippen molar-refractivity contribution in [3.63, 3.8) is 0 Å². The first-order chi connectivity index (χ1) is 7.61. The van der Waals surface area contributed by atoms with E-state index in [4.69, 9.17) is 0 Å². The minimum absolute atomic E-state index is 0.0143. The van der Waals surface area contributed by atoms with Crippen LogP contribution in [-0.2, 0) is 7.05 Å². The summed E-state index contributed by atoms with van der Waals surface area (Å²) < 4.78 is 1.63. The fraction of sp³-hybridized carbons (Fsp3) is 0.700. The fourth-order valence-electron chi connectivity index (χ4n) is 1.88. The van der Waals surface area contributed by atoms with Crippen LogP contribution >= 0.6 is 0 Å². The molecule has 0 bridgehead atoms. The highest BCUT2D eigenvalue weighted by Crippen LogP contribution is 2.10. The lowest BCUT2D eigenvalue weighted by Crippen LogP contribution is -2.52. The second kappa shape index (κ2) is 4.21. The second-order valence-corrected chi connectivity index (χ2v) is 4.20. The zero-order chi connectivity index (χ0) is 11.7. The topological polar surface area (TPSA) is 63.1 Å². The summed E-state index contributed by atoms with van der Waals surface area (Å²) in [5.74, 6) is -0.0143. The van der Waals surface area contributed by atoms with Crippen molar-refractivity contribution in [3.8, 4) is 0 Å². The van der Waals surface area contributed by atoms with Crippen LogP contribution in [0.3, 0.4) is 0 Å². The number of aromatic nitrogens is 3. The molecule has 0 aliphatic carbocycles. The lowest BCUT2D eigenvalue weighted by Gasteiger charge is -2.33. The van der Waals surface area contributed by atoms with Crippen molar-refractivity contribution in [1.29, 1.82) is 0 Å². The number of carbonyl (C=O) groups excluding carboxylic acids is 1. The van der Waals surface area contributed by atoms with Crippen LogP contribution in [0.1, 0.15) is 23.1 Å². The van der Waals surface area contributed by atoms with Crippen LogP contribution in [0.25, 0.3) is 0 Å². The summed E-state index contributed by atoms with van der Waals surface area (Å²) in [6, 6.07) is 0.211. The molecule has 0 spiro atoms. The molecule has 1 amide bonds. The highest BCUT2D eigenvalue weighted by Gasteiger charge is 2.27. The Bertz CT molecular complexity index is 400. The van der Waals surface area contributed by atoms with Gasteiger partial charge in [0.15, 0.2) is 5.69 Å². The van der Waals surface area contributed by atoms with Crippen molar-refractivity contribution < 1.29 is 4.79 Å². The number of hydrogen-bond acceptors (Lipinski definition) is 4. The molecule has 2 rings (SSSR count). The summed E-state index contributed by atoms with van der Waals surface area (Å²) in [6.07, 6.45) is 0. The van der Waals surface area contributed by atoms with Crippen molar-refractivity contribution in [2.75, 3.05) is 19.6 Å². The lowest BCUT2D eigenvalue weighted by atomic mass is 10.2. The van der Waals surface area contributed by atoms with Gasteiger partial charge in [0.2, 0.25) is 0 Å². The van der Waals surface area contributed by atoms with E-state index in [-0.39, 0.29) is 11.9 Å². The van der Waals surface area contributed by atoms with Crippen LogP contribution in [0.4, 0.5) is 0 Å². The van der Waals surface area contributed by atoms with Crippen LogP contribution in [0.2, 0.25) is 0 Å². The second-order valence-electron chi connectivity index (χ2n) is 4.20. The van der Waals surface area contributed by atoms with Gasteiger partial charge in [-0.3, -0.25) is 9.48 Å². The standard InChI is InChI=1S/C10H17N5O/c1-7-6-11-4-5-15(7)10(16)9-8(2)14(3)13-12-9/h7,11H,4-6H2,1-3H3/t7-/m0/s1. The first kappa shape index (κ1) is 11.1. The molecule has 2 heterocycles. The number of aryl methyl sites for hydroxylation is 1. The molecule has 0 radical (unpaired) electrons. The number of hydrogen-bond donors (Lipinski definition) is 1. The maximum Gasteiger partial charge on any atom is 0.276 e. The molecule has 1 saturated heterocycles. The molecule has 1 aliphatic rings. The molecule has 0 unspecified atom stereocenters. The van der Waals surface area contributed by atoms with Crippen LogP contribution in [-0.4, -0.2) is 51.5 Å². The molecule has 1 aromatic rings. The molecular formula is C10H17N5O. The van der Waals surface area contributed by atoms with Gasteiger partial charge < -0.3 is 10.2 Å². The van der Waals surface area contributed by atoms with Gasteiger partial charge in [0.25, 0.3) is 5.91 Å². The van der Waals surface area contributed by atoms with Crippen molar-refractivity contribution in [2.45, 2.75) is 19.9 Å². The molecule has 6 heteroatoms. The smallest absolute Gasteiger partial charge is 0.276 e. The Hall–Kier alpha value is -1.43. The number of carbonyl (C=O) groups is 1. The number of nitrogens with zero attached hydrogens (tertiary/aromatic N) is 4. The van der Waals surface area contributed by atoms with Gasteiger partial charge in [0.05, 0.1) is 5.69 Å². The number of piperazine rings is 1. The zero-order valence-corrected chi connectivity index (χ0v) is 9.90. The first-order valence-electron chi connectivity index (χ1n) is 5.49. The van der Waals surface area contributed by atoms with Crippen molar-refractivity contribution >= 4 is 5.91 Å². The van der Waals surface area contributed by atoms with Crippen molar-refractivity contribution in [1.82, 2.24) is 25.2 Å². The summed E-state index contributed by atoms with van der Waals surface area (Å²) in [7, 11) is 1.79.